The zero-order chi connectivity index (χ0) is 19.1. The minimum atomic E-state index is -0.0896. The lowest BCUT2D eigenvalue weighted by Crippen LogP contribution is -2.00. The standard InChI is InChI=1S/C23H24O4/c1-25-16-20-13-21(26-2)9-10-22(20)18-8-11-23(19(12-18)14-24)27-15-17-6-4-3-5-7-17/h3-13,24H,14-16H2,1-2H3. The van der Waals surface area contributed by atoms with Crippen molar-refractivity contribution in [2.24, 2.45) is 0 Å². The number of rotatable bonds is 8. The van der Waals surface area contributed by atoms with E-state index in [0.717, 1.165) is 33.6 Å². The average Bonchev–Trinajstić information content (AvgIpc) is 2.73. The maximum atomic E-state index is 9.82. The van der Waals surface area contributed by atoms with Gasteiger partial charge in [0, 0.05) is 12.7 Å². The molecule has 3 aromatic carbocycles. The van der Waals surface area contributed by atoms with Crippen LogP contribution in [-0.4, -0.2) is 19.3 Å². The number of methoxy groups -OCH3 is 2. The van der Waals surface area contributed by atoms with Crippen LogP contribution in [0.25, 0.3) is 11.1 Å². The van der Waals surface area contributed by atoms with Crippen molar-refractivity contribution in [3.63, 3.8) is 0 Å². The minimum absolute atomic E-state index is 0.0896. The van der Waals surface area contributed by atoms with E-state index in [1.54, 1.807) is 14.2 Å². The number of benzene rings is 3. The van der Waals surface area contributed by atoms with Crippen LogP contribution in [0.4, 0.5) is 0 Å². The van der Waals surface area contributed by atoms with Gasteiger partial charge in [0.2, 0.25) is 0 Å². The van der Waals surface area contributed by atoms with Crippen LogP contribution in [0.2, 0.25) is 0 Å². The highest BCUT2D eigenvalue weighted by molar-refractivity contribution is 5.70. The zero-order valence-corrected chi connectivity index (χ0v) is 15.6. The van der Waals surface area contributed by atoms with E-state index in [0.29, 0.717) is 19.0 Å². The molecule has 0 radical (unpaired) electrons. The Morgan fingerprint density at radius 3 is 2.33 bits per heavy atom. The van der Waals surface area contributed by atoms with Crippen molar-refractivity contribution in [2.75, 3.05) is 14.2 Å². The Bertz CT molecular complexity index is 875. The Morgan fingerprint density at radius 2 is 1.63 bits per heavy atom. The van der Waals surface area contributed by atoms with E-state index in [1.807, 2.05) is 66.7 Å². The molecular formula is C23H24O4. The summed E-state index contributed by atoms with van der Waals surface area (Å²) >= 11 is 0. The summed E-state index contributed by atoms with van der Waals surface area (Å²) in [5.74, 6) is 1.47. The van der Waals surface area contributed by atoms with Crippen LogP contribution in [-0.2, 0) is 24.6 Å². The Morgan fingerprint density at radius 1 is 0.815 bits per heavy atom. The van der Waals surface area contributed by atoms with Crippen molar-refractivity contribution in [3.8, 4) is 22.6 Å². The molecule has 4 heteroatoms. The second-order valence-corrected chi connectivity index (χ2v) is 6.21. The molecule has 0 bridgehead atoms. The summed E-state index contributed by atoms with van der Waals surface area (Å²) in [5, 5.41) is 9.82. The van der Waals surface area contributed by atoms with Crippen LogP contribution in [0, 0.1) is 0 Å². The molecule has 0 unspecified atom stereocenters. The Kier molecular flexibility index (Phi) is 6.47. The summed E-state index contributed by atoms with van der Waals surface area (Å²) in [4.78, 5) is 0. The zero-order valence-electron chi connectivity index (χ0n) is 15.6. The fraction of sp³-hybridized carbons (Fsp3) is 0.217. The molecule has 3 rings (SSSR count). The number of hydrogen-bond acceptors (Lipinski definition) is 4. The van der Waals surface area contributed by atoms with Crippen LogP contribution in [0.1, 0.15) is 16.7 Å². The van der Waals surface area contributed by atoms with E-state index >= 15 is 0 Å². The predicted octanol–water partition coefficient (Wildman–Crippen LogP) is 4.58. The highest BCUT2D eigenvalue weighted by Gasteiger charge is 2.11. The van der Waals surface area contributed by atoms with Gasteiger partial charge in [-0.2, -0.15) is 0 Å². The highest BCUT2D eigenvalue weighted by atomic mass is 16.5. The molecule has 27 heavy (non-hydrogen) atoms. The lowest BCUT2D eigenvalue weighted by atomic mass is 9.97. The van der Waals surface area contributed by atoms with E-state index in [1.165, 1.54) is 0 Å². The summed E-state index contributed by atoms with van der Waals surface area (Å²) in [5.41, 5.74) is 4.91. The summed E-state index contributed by atoms with van der Waals surface area (Å²) < 4.78 is 16.6. The first-order valence-electron chi connectivity index (χ1n) is 8.82. The second kappa shape index (κ2) is 9.21. The molecule has 0 aliphatic carbocycles. The van der Waals surface area contributed by atoms with E-state index in [2.05, 4.69) is 0 Å². The van der Waals surface area contributed by atoms with Gasteiger partial charge < -0.3 is 19.3 Å². The smallest absolute Gasteiger partial charge is 0.125 e. The fourth-order valence-corrected chi connectivity index (χ4v) is 3.00. The third kappa shape index (κ3) is 4.67. The fourth-order valence-electron chi connectivity index (χ4n) is 3.00. The van der Waals surface area contributed by atoms with Gasteiger partial charge >= 0.3 is 0 Å². The maximum Gasteiger partial charge on any atom is 0.125 e. The van der Waals surface area contributed by atoms with Gasteiger partial charge in [0.15, 0.2) is 0 Å². The Labute approximate surface area is 160 Å². The number of aliphatic hydroxyl groups is 1. The van der Waals surface area contributed by atoms with Crippen molar-refractivity contribution in [1.29, 1.82) is 0 Å². The van der Waals surface area contributed by atoms with E-state index in [4.69, 9.17) is 14.2 Å². The van der Waals surface area contributed by atoms with E-state index < -0.39 is 0 Å². The third-order valence-electron chi connectivity index (χ3n) is 4.39. The Balaban J connectivity index is 1.87. The first kappa shape index (κ1) is 19.0. The quantitative estimate of drug-likeness (QED) is 0.636. The van der Waals surface area contributed by atoms with Gasteiger partial charge in [-0.25, -0.2) is 0 Å². The molecule has 4 nitrogen and oxygen atoms in total. The topological polar surface area (TPSA) is 47.9 Å². The molecule has 0 amide bonds. The van der Waals surface area contributed by atoms with Crippen molar-refractivity contribution in [2.45, 2.75) is 19.8 Å². The number of aliphatic hydroxyl groups excluding tert-OH is 1. The summed E-state index contributed by atoms with van der Waals surface area (Å²) in [7, 11) is 3.32. The molecule has 0 aromatic heterocycles. The summed E-state index contributed by atoms with van der Waals surface area (Å²) in [6, 6.07) is 21.7. The summed E-state index contributed by atoms with van der Waals surface area (Å²) in [6.07, 6.45) is 0. The van der Waals surface area contributed by atoms with Gasteiger partial charge in [-0.1, -0.05) is 42.5 Å². The van der Waals surface area contributed by atoms with Crippen LogP contribution >= 0.6 is 0 Å². The van der Waals surface area contributed by atoms with E-state index in [9.17, 15) is 5.11 Å². The molecule has 140 valence electrons. The molecule has 0 atom stereocenters. The molecule has 0 saturated carbocycles. The molecule has 0 aliphatic heterocycles. The van der Waals surface area contributed by atoms with Gasteiger partial charge in [-0.3, -0.25) is 0 Å². The monoisotopic (exact) mass is 364 g/mol. The first-order chi connectivity index (χ1) is 13.2. The van der Waals surface area contributed by atoms with Gasteiger partial charge in [-0.05, 0) is 46.5 Å². The largest absolute Gasteiger partial charge is 0.497 e. The van der Waals surface area contributed by atoms with E-state index in [-0.39, 0.29) is 6.61 Å². The molecule has 0 spiro atoms. The molecule has 0 heterocycles. The molecule has 3 aromatic rings. The molecule has 1 N–H and O–H groups in total. The van der Waals surface area contributed by atoms with Crippen molar-refractivity contribution in [1.82, 2.24) is 0 Å². The van der Waals surface area contributed by atoms with Gasteiger partial charge in [0.1, 0.15) is 18.1 Å². The third-order valence-corrected chi connectivity index (χ3v) is 4.39. The van der Waals surface area contributed by atoms with Crippen LogP contribution in [0.15, 0.2) is 66.7 Å². The molecule has 0 saturated heterocycles. The maximum absolute atomic E-state index is 9.82. The highest BCUT2D eigenvalue weighted by Crippen LogP contribution is 2.32. The van der Waals surface area contributed by atoms with Crippen LogP contribution < -0.4 is 9.47 Å². The lowest BCUT2D eigenvalue weighted by molar-refractivity contribution is 0.185. The van der Waals surface area contributed by atoms with Crippen molar-refractivity contribution >= 4 is 0 Å². The minimum Gasteiger partial charge on any atom is -0.497 e. The normalized spacial score (nSPS) is 10.6. The average molecular weight is 364 g/mol. The lowest BCUT2D eigenvalue weighted by Gasteiger charge is -2.15. The SMILES string of the molecule is COCc1cc(OC)ccc1-c1ccc(OCc2ccccc2)c(CO)c1. The van der Waals surface area contributed by atoms with Crippen LogP contribution in [0.5, 0.6) is 11.5 Å². The van der Waals surface area contributed by atoms with Gasteiger partial charge in [0.25, 0.3) is 0 Å². The molecular weight excluding hydrogens is 340 g/mol. The van der Waals surface area contributed by atoms with Crippen molar-refractivity contribution in [3.05, 3.63) is 83.4 Å². The number of ether oxygens (including phenoxy) is 3. The predicted molar refractivity (Wildman–Crippen MR) is 106 cm³/mol. The molecule has 0 fully saturated rings. The van der Waals surface area contributed by atoms with Gasteiger partial charge in [0.05, 0.1) is 20.3 Å². The van der Waals surface area contributed by atoms with Crippen molar-refractivity contribution < 1.29 is 19.3 Å². The second-order valence-electron chi connectivity index (χ2n) is 6.21. The first-order valence-corrected chi connectivity index (χ1v) is 8.82. The molecule has 0 aliphatic rings. The van der Waals surface area contributed by atoms with Crippen LogP contribution in [0.3, 0.4) is 0 Å². The summed E-state index contributed by atoms with van der Waals surface area (Å²) in [6.45, 7) is 0.853. The van der Waals surface area contributed by atoms with Gasteiger partial charge in [-0.15, -0.1) is 0 Å². The number of hydrogen-bond donors (Lipinski definition) is 1. The Hall–Kier alpha value is -2.82.